The molecule has 1 aromatic rings. The maximum Gasteiger partial charge on any atom is 0.329 e. The van der Waals surface area contributed by atoms with Crippen LogP contribution in [0.2, 0.25) is 0 Å². The van der Waals surface area contributed by atoms with Crippen LogP contribution in [0.5, 0.6) is 0 Å². The number of benzene rings is 1. The van der Waals surface area contributed by atoms with Crippen LogP contribution in [0.15, 0.2) is 30.3 Å². The molecule has 2 N–H and O–H groups in total. The number of likely N-dealkylation sites (tertiary alicyclic amines) is 1. The zero-order valence-electron chi connectivity index (χ0n) is 10.7. The Morgan fingerprint density at radius 2 is 1.95 bits per heavy atom. The van der Waals surface area contributed by atoms with Gasteiger partial charge in [-0.1, -0.05) is 30.3 Å². The molecule has 5 nitrogen and oxygen atoms in total. The Hall–Kier alpha value is -1.88. The summed E-state index contributed by atoms with van der Waals surface area (Å²) in [5, 5.41) is 11.7. The molecule has 0 unspecified atom stereocenters. The molecule has 0 aromatic heterocycles. The monoisotopic (exact) mass is 262 g/mol. The molecule has 0 radical (unpaired) electrons. The van der Waals surface area contributed by atoms with Gasteiger partial charge in [0, 0.05) is 19.6 Å². The second-order valence-electron chi connectivity index (χ2n) is 4.91. The smallest absolute Gasteiger partial charge is 0.329 e. The number of nitrogens with one attached hydrogen (secondary N) is 1. The number of carboxylic acids is 1. The van der Waals surface area contributed by atoms with Crippen molar-refractivity contribution in [3.8, 4) is 0 Å². The average molecular weight is 262 g/mol. The molecule has 0 spiro atoms. The first kappa shape index (κ1) is 13.5. The third-order valence-electron chi connectivity index (χ3n) is 3.70. The number of nitrogens with zero attached hydrogens (tertiary/aromatic N) is 1. The molecule has 1 heterocycles. The first-order valence-corrected chi connectivity index (χ1v) is 6.37. The van der Waals surface area contributed by atoms with Crippen LogP contribution in [0.3, 0.4) is 0 Å². The molecular weight excluding hydrogens is 244 g/mol. The Bertz CT molecular complexity index is 439. The second kappa shape index (κ2) is 5.84. The van der Waals surface area contributed by atoms with Gasteiger partial charge in [-0.15, -0.1) is 0 Å². The lowest BCUT2D eigenvalue weighted by atomic mass is 9.87. The van der Waals surface area contributed by atoms with Gasteiger partial charge in [-0.25, -0.2) is 4.79 Å². The first-order valence-electron chi connectivity index (χ1n) is 6.37. The van der Waals surface area contributed by atoms with Crippen molar-refractivity contribution >= 4 is 12.4 Å². The standard InChI is InChI=1S/C14H18N2O3/c17-11-15-14(13(18)19)6-8-16(9-7-14)10-12-4-2-1-3-5-12/h1-5,11H,6-10H2,(H,15,17)(H,18,19). The van der Waals surface area contributed by atoms with E-state index in [1.807, 2.05) is 18.2 Å². The van der Waals surface area contributed by atoms with Gasteiger partial charge in [-0.3, -0.25) is 9.69 Å². The van der Waals surface area contributed by atoms with E-state index in [1.165, 1.54) is 5.56 Å². The number of hydrogen-bond acceptors (Lipinski definition) is 3. The van der Waals surface area contributed by atoms with Gasteiger partial charge in [-0.2, -0.15) is 0 Å². The van der Waals surface area contributed by atoms with E-state index in [0.29, 0.717) is 32.3 Å². The Kier molecular flexibility index (Phi) is 4.16. The van der Waals surface area contributed by atoms with Gasteiger partial charge >= 0.3 is 5.97 Å². The quantitative estimate of drug-likeness (QED) is 0.772. The number of hydrogen-bond donors (Lipinski definition) is 2. The summed E-state index contributed by atoms with van der Waals surface area (Å²) in [6.45, 7) is 2.15. The lowest BCUT2D eigenvalue weighted by molar-refractivity contribution is -0.148. The van der Waals surface area contributed by atoms with Crippen LogP contribution in [-0.4, -0.2) is 41.0 Å². The van der Waals surface area contributed by atoms with Crippen molar-refractivity contribution in [3.05, 3.63) is 35.9 Å². The van der Waals surface area contributed by atoms with Crippen molar-refractivity contribution in [1.29, 1.82) is 0 Å². The Morgan fingerprint density at radius 3 is 2.47 bits per heavy atom. The minimum atomic E-state index is -1.09. The summed E-state index contributed by atoms with van der Waals surface area (Å²) in [6, 6.07) is 10.1. The van der Waals surface area contributed by atoms with Gasteiger partial charge in [0.1, 0.15) is 5.54 Å². The number of amides is 1. The van der Waals surface area contributed by atoms with Crippen LogP contribution >= 0.6 is 0 Å². The van der Waals surface area contributed by atoms with Gasteiger partial charge in [0.25, 0.3) is 0 Å². The molecule has 1 fully saturated rings. The van der Waals surface area contributed by atoms with Crippen LogP contribution < -0.4 is 5.32 Å². The summed E-state index contributed by atoms with van der Waals surface area (Å²) < 4.78 is 0. The van der Waals surface area contributed by atoms with Crippen molar-refractivity contribution in [2.45, 2.75) is 24.9 Å². The molecule has 0 saturated carbocycles. The number of carbonyl (C=O) groups is 2. The third kappa shape index (κ3) is 3.12. The fourth-order valence-electron chi connectivity index (χ4n) is 2.47. The minimum absolute atomic E-state index is 0.438. The van der Waals surface area contributed by atoms with Crippen LogP contribution in [-0.2, 0) is 16.1 Å². The molecule has 0 aliphatic carbocycles. The van der Waals surface area contributed by atoms with Gasteiger partial charge in [0.05, 0.1) is 0 Å². The molecule has 102 valence electrons. The molecule has 5 heteroatoms. The zero-order chi connectivity index (χ0) is 13.7. The molecule has 1 saturated heterocycles. The van der Waals surface area contributed by atoms with Gasteiger partial charge in [-0.05, 0) is 18.4 Å². The average Bonchev–Trinajstić information content (AvgIpc) is 2.42. The van der Waals surface area contributed by atoms with Crippen molar-refractivity contribution in [1.82, 2.24) is 10.2 Å². The van der Waals surface area contributed by atoms with E-state index in [2.05, 4.69) is 22.3 Å². The molecule has 2 rings (SSSR count). The SMILES string of the molecule is O=CNC1(C(=O)O)CCN(Cc2ccccc2)CC1. The molecule has 1 aliphatic heterocycles. The fraction of sp³-hybridized carbons (Fsp3) is 0.429. The van der Waals surface area contributed by atoms with Crippen LogP contribution in [0.4, 0.5) is 0 Å². The number of carbonyl (C=O) groups excluding carboxylic acids is 1. The summed E-state index contributed by atoms with van der Waals surface area (Å²) in [6.07, 6.45) is 1.36. The van der Waals surface area contributed by atoms with E-state index < -0.39 is 11.5 Å². The lowest BCUT2D eigenvalue weighted by Gasteiger charge is -2.38. The Balaban J connectivity index is 1.94. The summed E-state index contributed by atoms with van der Waals surface area (Å²) >= 11 is 0. The van der Waals surface area contributed by atoms with E-state index in [0.717, 1.165) is 6.54 Å². The summed E-state index contributed by atoms with van der Waals surface area (Å²) in [5.74, 6) is -0.945. The largest absolute Gasteiger partial charge is 0.480 e. The highest BCUT2D eigenvalue weighted by molar-refractivity contribution is 5.81. The lowest BCUT2D eigenvalue weighted by Crippen LogP contribution is -2.57. The van der Waals surface area contributed by atoms with E-state index in [9.17, 15) is 14.7 Å². The van der Waals surface area contributed by atoms with Crippen molar-refractivity contribution in [2.24, 2.45) is 0 Å². The molecule has 19 heavy (non-hydrogen) atoms. The minimum Gasteiger partial charge on any atom is -0.480 e. The van der Waals surface area contributed by atoms with Crippen molar-refractivity contribution < 1.29 is 14.7 Å². The topological polar surface area (TPSA) is 69.6 Å². The van der Waals surface area contributed by atoms with Gasteiger partial charge in [0.15, 0.2) is 0 Å². The van der Waals surface area contributed by atoms with Crippen LogP contribution in [0.1, 0.15) is 18.4 Å². The predicted molar refractivity (Wildman–Crippen MR) is 70.5 cm³/mol. The fourth-order valence-corrected chi connectivity index (χ4v) is 2.47. The maximum absolute atomic E-state index is 11.3. The highest BCUT2D eigenvalue weighted by Crippen LogP contribution is 2.23. The first-order chi connectivity index (χ1) is 9.16. The molecule has 0 bridgehead atoms. The third-order valence-corrected chi connectivity index (χ3v) is 3.70. The summed E-state index contributed by atoms with van der Waals surface area (Å²) in [5.41, 5.74) is 0.128. The molecule has 0 atom stereocenters. The zero-order valence-corrected chi connectivity index (χ0v) is 10.7. The van der Waals surface area contributed by atoms with Crippen LogP contribution in [0.25, 0.3) is 0 Å². The van der Waals surface area contributed by atoms with Crippen LogP contribution in [0, 0.1) is 0 Å². The highest BCUT2D eigenvalue weighted by atomic mass is 16.4. The van der Waals surface area contributed by atoms with Gasteiger partial charge < -0.3 is 10.4 Å². The molecule has 1 aliphatic rings. The Morgan fingerprint density at radius 1 is 1.32 bits per heavy atom. The summed E-state index contributed by atoms with van der Waals surface area (Å²) in [4.78, 5) is 24.1. The number of aliphatic carboxylic acids is 1. The predicted octanol–water partition coefficient (Wildman–Crippen LogP) is 0.852. The number of piperidine rings is 1. The van der Waals surface area contributed by atoms with Crippen molar-refractivity contribution in [3.63, 3.8) is 0 Å². The second-order valence-corrected chi connectivity index (χ2v) is 4.91. The van der Waals surface area contributed by atoms with E-state index in [1.54, 1.807) is 0 Å². The Labute approximate surface area is 112 Å². The highest BCUT2D eigenvalue weighted by Gasteiger charge is 2.41. The summed E-state index contributed by atoms with van der Waals surface area (Å²) in [7, 11) is 0. The molecule has 1 amide bonds. The van der Waals surface area contributed by atoms with E-state index >= 15 is 0 Å². The number of rotatable bonds is 5. The van der Waals surface area contributed by atoms with Gasteiger partial charge in [0.2, 0.25) is 6.41 Å². The molecular formula is C14H18N2O3. The molecule has 1 aromatic carbocycles. The number of carboxylic acid groups (broad SMARTS) is 1. The van der Waals surface area contributed by atoms with E-state index in [4.69, 9.17) is 0 Å². The van der Waals surface area contributed by atoms with Crippen molar-refractivity contribution in [2.75, 3.05) is 13.1 Å². The maximum atomic E-state index is 11.3. The normalized spacial score (nSPS) is 18.7. The van der Waals surface area contributed by atoms with E-state index in [-0.39, 0.29) is 0 Å².